The predicted molar refractivity (Wildman–Crippen MR) is 561 cm³/mol. The van der Waals surface area contributed by atoms with E-state index in [0.717, 1.165) is 135 Å². The molecule has 6 fully saturated rings. The molecule has 6 atom stereocenters. The van der Waals surface area contributed by atoms with E-state index < -0.39 is 0 Å². The first kappa shape index (κ1) is 104. The number of aryl methyl sites for hydroxylation is 2. The molecule has 6 saturated heterocycles. The van der Waals surface area contributed by atoms with Gasteiger partial charge in [0.15, 0.2) is 0 Å². The Balaban J connectivity index is 0.000000201. The van der Waals surface area contributed by atoms with E-state index in [-0.39, 0.29) is 130 Å². The average Bonchev–Trinajstić information content (AvgIpc) is 1.15. The number of anilines is 6. The number of fused-ring (bicyclic) bond motifs is 6. The van der Waals surface area contributed by atoms with Crippen molar-refractivity contribution in [3.8, 4) is 36.4 Å². The van der Waals surface area contributed by atoms with Crippen molar-refractivity contribution in [3.63, 3.8) is 0 Å². The molecule has 12 heterocycles. The minimum absolute atomic E-state index is 0. The third-order valence-electron chi connectivity index (χ3n) is 27.2. The lowest BCUT2D eigenvalue weighted by molar-refractivity contribution is -0.129. The number of ether oxygens (including phenoxy) is 3. The number of aromatic nitrogens is 6. The summed E-state index contributed by atoms with van der Waals surface area (Å²) >= 11 is 0. The predicted octanol–water partition coefficient (Wildman–Crippen LogP) is 13.0. The highest BCUT2D eigenvalue weighted by Gasteiger charge is 2.40. The summed E-state index contributed by atoms with van der Waals surface area (Å²) in [6.07, 6.45) is 20.8. The Labute approximate surface area is 820 Å². The van der Waals surface area contributed by atoms with E-state index in [1.165, 1.54) is 98.0 Å². The first-order valence-corrected chi connectivity index (χ1v) is 45.1. The molecule has 0 N–H and O–H groups in total. The summed E-state index contributed by atoms with van der Waals surface area (Å²) in [6, 6.07) is 45.2. The maximum absolute atomic E-state index is 12.6. The van der Waals surface area contributed by atoms with Crippen LogP contribution in [-0.4, -0.2) is 259 Å². The Morgan fingerprint density at radius 3 is 1.23 bits per heavy atom. The highest BCUT2D eigenvalue weighted by molar-refractivity contribution is 7.60. The second-order valence-corrected chi connectivity index (χ2v) is 34.8. The number of rotatable bonds is 22. The van der Waals surface area contributed by atoms with Gasteiger partial charge in [0.05, 0.1) is 61.3 Å². The molecule has 0 spiro atoms. The number of nitriles is 1. The number of carbonyl (C=O) groups excluding carboxylic acids is 3. The van der Waals surface area contributed by atoms with Crippen molar-refractivity contribution in [1.29, 1.82) is 5.26 Å². The van der Waals surface area contributed by atoms with Crippen molar-refractivity contribution in [3.05, 3.63) is 210 Å². The molecule has 0 aliphatic carbocycles. The molecule has 9 aliphatic rings. The van der Waals surface area contributed by atoms with Crippen LogP contribution in [0.4, 0.5) is 34.5 Å². The largest absolute Gasteiger partial charge is 0.462 e. The van der Waals surface area contributed by atoms with Crippen molar-refractivity contribution in [2.75, 3.05) is 175 Å². The van der Waals surface area contributed by atoms with E-state index >= 15 is 0 Å². The maximum atomic E-state index is 12.6. The van der Waals surface area contributed by atoms with Crippen LogP contribution in [-0.2, 0) is 59.7 Å². The quantitative estimate of drug-likeness (QED) is 0.0349. The van der Waals surface area contributed by atoms with Crippen LogP contribution in [0.1, 0.15) is 103 Å². The van der Waals surface area contributed by atoms with Crippen molar-refractivity contribution < 1.29 is 28.6 Å². The minimum atomic E-state index is -0.227. The van der Waals surface area contributed by atoms with Crippen molar-refractivity contribution >= 4 is 166 Å². The van der Waals surface area contributed by atoms with Gasteiger partial charge in [0, 0.05) is 153 Å². The topological polar surface area (TPSA) is 223 Å². The summed E-state index contributed by atoms with van der Waals surface area (Å²) in [4.78, 5) is 97.7. The summed E-state index contributed by atoms with van der Waals surface area (Å²) < 4.78 is 18.9. The number of benzene rings is 6. The van der Waals surface area contributed by atoms with E-state index in [4.69, 9.17) is 57.1 Å². The Bertz CT molecular complexity index is 5670. The number of likely N-dealkylation sites (N-methyl/N-ethyl adjacent to an activating group) is 3. The fraction of sp³-hybridized carbons (Fsp3) is 0.450. The molecule has 0 radical (unpaired) electrons. The maximum Gasteiger partial charge on any atom is 0.318 e. The van der Waals surface area contributed by atoms with Crippen molar-refractivity contribution in [2.24, 2.45) is 0 Å². The third-order valence-corrected chi connectivity index (χ3v) is 27.2. The second-order valence-electron chi connectivity index (χ2n) is 34.8. The van der Waals surface area contributed by atoms with Crippen molar-refractivity contribution in [1.82, 2.24) is 59.3 Å². The first-order valence-electron chi connectivity index (χ1n) is 45.1. The zero-order valence-corrected chi connectivity index (χ0v) is 82.8. The van der Waals surface area contributed by atoms with Crippen LogP contribution < -0.4 is 43.6 Å². The van der Waals surface area contributed by atoms with Crippen LogP contribution in [0.5, 0.6) is 18.0 Å². The fourth-order valence-electron chi connectivity index (χ4n) is 20.3. The second kappa shape index (κ2) is 48.1. The van der Waals surface area contributed by atoms with Gasteiger partial charge in [-0.15, -0.1) is 12.3 Å². The van der Waals surface area contributed by atoms with Crippen LogP contribution in [0.15, 0.2) is 153 Å². The molecule has 3 amide bonds. The lowest BCUT2D eigenvalue weighted by atomic mass is 9.98. The van der Waals surface area contributed by atoms with Crippen LogP contribution in [0.3, 0.4) is 0 Å². The number of hydrogen-bond donors (Lipinski definition) is 0. The van der Waals surface area contributed by atoms with Crippen LogP contribution >= 0.6 is 81.0 Å². The lowest BCUT2D eigenvalue weighted by Crippen LogP contribution is -2.56. The summed E-state index contributed by atoms with van der Waals surface area (Å²) in [7, 11) is 6.44. The highest BCUT2D eigenvalue weighted by Crippen LogP contribution is 2.41. The Morgan fingerprint density at radius 2 is 0.826 bits per heavy atom. The van der Waals surface area contributed by atoms with Gasteiger partial charge in [-0.1, -0.05) is 124 Å². The summed E-state index contributed by atoms with van der Waals surface area (Å²) in [5, 5.41) is 17.1. The molecule has 32 heteroatoms. The van der Waals surface area contributed by atoms with Gasteiger partial charge >= 0.3 is 18.0 Å². The summed E-state index contributed by atoms with van der Waals surface area (Å²) in [5.41, 5.74) is 12.7. The Morgan fingerprint density at radius 1 is 0.455 bits per heavy atom. The van der Waals surface area contributed by atoms with Gasteiger partial charge in [-0.3, -0.25) is 14.4 Å². The van der Waals surface area contributed by atoms with Crippen molar-refractivity contribution in [2.45, 2.75) is 147 Å². The van der Waals surface area contributed by atoms with Gasteiger partial charge in [0.1, 0.15) is 43.3 Å². The van der Waals surface area contributed by atoms with E-state index in [1.807, 2.05) is 4.90 Å². The number of likely N-dealkylation sites (tertiary alicyclic amines) is 3. The minimum Gasteiger partial charge on any atom is -0.462 e. The molecule has 0 unspecified atom stereocenters. The van der Waals surface area contributed by atoms with Gasteiger partial charge in [-0.25, -0.2) is 6.57 Å². The summed E-state index contributed by atoms with van der Waals surface area (Å²) in [6.45, 7) is 37.9. The molecule has 26 nitrogen and oxygen atoms in total. The van der Waals surface area contributed by atoms with E-state index in [9.17, 15) is 19.6 Å². The van der Waals surface area contributed by atoms with Crippen LogP contribution in [0, 0.1) is 37.2 Å². The average molecular weight is 1900 g/mol. The first-order chi connectivity index (χ1) is 61.5. The molecule has 9 aliphatic heterocycles. The number of hydrogen-bond acceptors (Lipinski definition) is 22. The third kappa shape index (κ3) is 23.0. The number of piperazine rings is 3. The van der Waals surface area contributed by atoms with Crippen LogP contribution in [0.2, 0.25) is 0 Å². The lowest BCUT2D eigenvalue weighted by Gasteiger charge is -2.42. The number of terminal acetylenes is 1. The van der Waals surface area contributed by atoms with E-state index in [0.29, 0.717) is 141 Å². The molecule has 3 aromatic heterocycles. The smallest absolute Gasteiger partial charge is 0.318 e. The van der Waals surface area contributed by atoms with Gasteiger partial charge in [-0.05, 0) is 176 Å². The van der Waals surface area contributed by atoms with Gasteiger partial charge in [0.2, 0.25) is 24.3 Å². The Hall–Kier alpha value is -10.3. The molecule has 0 saturated carbocycles. The molecular weight excluding hydrogens is 1770 g/mol. The fourth-order valence-corrected chi connectivity index (χ4v) is 20.3. The van der Waals surface area contributed by atoms with E-state index in [1.54, 1.807) is 9.80 Å². The number of amides is 3. The molecule has 0 bridgehead atoms. The highest BCUT2D eigenvalue weighted by atomic mass is 32.1. The van der Waals surface area contributed by atoms with Gasteiger partial charge in [-0.2, -0.15) is 116 Å². The standard InChI is InChI=1S/C34H41N7O2.C33H39N7O2.C33H38N6O2.6H2S/c1-5-24-10-7-11-25-12-8-14-30(32(24)25)39-17-15-28-29(22-39)36-34(43-23-26-13-9-16-38(26)4)37-33(28)40-18-19-41(31(42)6-2)27(21-40)20-35-3;1-4-30(41)40-19-18-39(20-25(40)13-15-34)32-27-14-17-38(29-12-6-10-24-9-5-8-23(2)31(24)29)21-28(27)35-33(36-32)42-22-26-11-7-16-37(26)3;1-4-10-25-21-38(19-20-39(25)31(40)5-2)32-28-16-18-37(30-15-8-12-24-11-6-7-14-27(24)30)22-29(28)34-33(35-32)41-23-26-13-9-17-36(26)3;;;;;;/h6-8,10-12,14,26-27H,2,5,9,13,15-23H2,1,4H3;4-6,8-10,12,25-26H,1,7,11,13-14,16-22H2,2-3H3;1,5-8,11-12,14-15,25-26H,2,9-10,13,16-23H2,3H3;6*1H2/t26-,27-;2*25-,26-;;;;;;/m000....../s1. The monoisotopic (exact) mass is 1900 g/mol. The zero-order valence-electron chi connectivity index (χ0n) is 76.8. The number of carbonyl (C=O) groups is 3. The molecule has 9 aromatic rings. The molecule has 702 valence electrons. The van der Waals surface area contributed by atoms with Crippen LogP contribution in [0.25, 0.3) is 37.2 Å². The van der Waals surface area contributed by atoms with E-state index in [2.05, 4.69) is 231 Å². The SMILES string of the molecule is C#CC[C@H]1CN(c2nc(OC[C@@H]3CCCN3C)nc3c2CCN(c2cccc4ccccc24)C3)CCN1C(=O)C=C.C=CC(=O)N1CCN(c2nc(OC[C@@H]3CCCN3C)nc3c2CCN(c2cccc4cccc(C)c24)C3)C[C@@H]1CC#N.S.S.S.S.S.S.[C-]#[N+]C[C@H]1CN(c2nc(OC[C@@H]3CCCN3C)nc3c2CCN(c2cccc4cccc(CC)c24)C3)CCN1C(=O)C=C. The zero-order chi connectivity index (χ0) is 87.5. The van der Waals surface area contributed by atoms with Gasteiger partial charge in [0.25, 0.3) is 0 Å². The summed E-state index contributed by atoms with van der Waals surface area (Å²) in [5.74, 6) is 5.09. The normalized spacial score (nSPS) is 19.9. The molecule has 18 rings (SSSR count). The number of nitrogens with zero attached hydrogens (tertiary/aromatic N) is 20. The molecule has 132 heavy (non-hydrogen) atoms. The molecular formula is C100H130N20O6S6. The Kier molecular flexibility index (Phi) is 37.8. The molecule has 6 aromatic carbocycles. The van der Waals surface area contributed by atoms with Gasteiger partial charge < -0.3 is 77.9 Å².